The number of carbonyl (C=O) groups excluding carboxylic acids is 2. The van der Waals surface area contributed by atoms with Crippen LogP contribution in [0.15, 0.2) is 0 Å². The zero-order chi connectivity index (χ0) is 19.4. The van der Waals surface area contributed by atoms with Crippen molar-refractivity contribution < 1.29 is 24.5 Å². The van der Waals surface area contributed by atoms with Gasteiger partial charge in [0.15, 0.2) is 0 Å². The molecule has 1 rings (SSSR count). The van der Waals surface area contributed by atoms with Crippen LogP contribution in [0.2, 0.25) is 0 Å². The summed E-state index contributed by atoms with van der Waals surface area (Å²) in [7, 11) is 1.39. The van der Waals surface area contributed by atoms with Crippen LogP contribution in [0.3, 0.4) is 0 Å². The average molecular weight is 366 g/mol. The Hall–Kier alpha value is -1.38. The van der Waals surface area contributed by atoms with Crippen LogP contribution in [-0.4, -0.2) is 41.3 Å². The largest absolute Gasteiger partial charge is 0.469 e. The van der Waals surface area contributed by atoms with E-state index < -0.39 is 12.2 Å². The Labute approximate surface area is 157 Å². The molecule has 2 N–H and O–H groups in total. The second-order valence-electron chi connectivity index (χ2n) is 7.22. The van der Waals surface area contributed by atoms with Gasteiger partial charge < -0.3 is 14.9 Å². The van der Waals surface area contributed by atoms with E-state index >= 15 is 0 Å². The van der Waals surface area contributed by atoms with Gasteiger partial charge in [-0.1, -0.05) is 44.9 Å². The van der Waals surface area contributed by atoms with Crippen molar-refractivity contribution in [3.63, 3.8) is 0 Å². The third-order valence-electron chi connectivity index (χ3n) is 5.04. The van der Waals surface area contributed by atoms with Crippen LogP contribution in [-0.2, 0) is 14.3 Å². The predicted octanol–water partition coefficient (Wildman–Crippen LogP) is 3.01. The van der Waals surface area contributed by atoms with Gasteiger partial charge in [-0.2, -0.15) is 0 Å². The fraction of sp³-hybridized carbons (Fsp3) is 0.810. The molecular weight excluding hydrogens is 332 g/mol. The lowest BCUT2D eigenvalue weighted by Crippen LogP contribution is -2.19. The van der Waals surface area contributed by atoms with Crippen LogP contribution in [0.1, 0.15) is 77.6 Å². The van der Waals surface area contributed by atoms with Gasteiger partial charge in [-0.15, -0.1) is 5.92 Å². The highest BCUT2D eigenvalue weighted by atomic mass is 16.5. The minimum atomic E-state index is -0.688. The van der Waals surface area contributed by atoms with Gasteiger partial charge in [0.1, 0.15) is 5.78 Å². The molecule has 0 spiro atoms. The highest BCUT2D eigenvalue weighted by molar-refractivity contribution is 5.84. The van der Waals surface area contributed by atoms with Gasteiger partial charge in [0.05, 0.1) is 25.2 Å². The Morgan fingerprint density at radius 1 is 1.27 bits per heavy atom. The Bertz CT molecular complexity index is 490. The summed E-state index contributed by atoms with van der Waals surface area (Å²) in [6.07, 6.45) is 6.97. The fourth-order valence-corrected chi connectivity index (χ4v) is 3.42. The first kappa shape index (κ1) is 22.7. The summed E-state index contributed by atoms with van der Waals surface area (Å²) in [6.45, 7) is 2.08. The SMILES string of the molecule is CCCCC(O)CC#CC1C(O)CC(=O)C1CCCCCCC(=O)OC. The Morgan fingerprint density at radius 3 is 2.69 bits per heavy atom. The van der Waals surface area contributed by atoms with E-state index in [4.69, 9.17) is 0 Å². The molecule has 4 atom stereocenters. The lowest BCUT2D eigenvalue weighted by atomic mass is 9.89. The number of unbranched alkanes of at least 4 members (excludes halogenated alkanes) is 4. The maximum Gasteiger partial charge on any atom is 0.305 e. The van der Waals surface area contributed by atoms with E-state index in [1.165, 1.54) is 7.11 Å². The molecule has 5 nitrogen and oxygen atoms in total. The number of aliphatic hydroxyl groups excluding tert-OH is 2. The molecule has 0 amide bonds. The van der Waals surface area contributed by atoms with Gasteiger partial charge in [0.2, 0.25) is 0 Å². The number of aliphatic hydroxyl groups is 2. The van der Waals surface area contributed by atoms with Crippen LogP contribution >= 0.6 is 0 Å². The summed E-state index contributed by atoms with van der Waals surface area (Å²) >= 11 is 0. The zero-order valence-corrected chi connectivity index (χ0v) is 16.2. The number of ketones is 1. The van der Waals surface area contributed by atoms with Crippen molar-refractivity contribution in [3.8, 4) is 11.8 Å². The van der Waals surface area contributed by atoms with E-state index in [-0.39, 0.29) is 30.0 Å². The number of rotatable bonds is 11. The number of methoxy groups -OCH3 is 1. The van der Waals surface area contributed by atoms with Crippen LogP contribution in [0, 0.1) is 23.7 Å². The normalized spacial score (nSPS) is 23.4. The molecule has 1 aliphatic rings. The standard InChI is InChI=1S/C21H34O5/c1-3-4-10-16(22)11-9-13-18-17(19(23)15-20(18)24)12-7-5-6-8-14-21(25)26-2/h16-18,20,22,24H,3-8,10-12,14-15H2,1-2H3. The van der Waals surface area contributed by atoms with Crippen molar-refractivity contribution in [2.75, 3.05) is 7.11 Å². The van der Waals surface area contributed by atoms with E-state index in [1.54, 1.807) is 0 Å². The highest BCUT2D eigenvalue weighted by Gasteiger charge is 2.40. The molecule has 1 saturated carbocycles. The van der Waals surface area contributed by atoms with Gasteiger partial charge in [-0.25, -0.2) is 0 Å². The summed E-state index contributed by atoms with van der Waals surface area (Å²) in [5.41, 5.74) is 0. The first-order valence-corrected chi connectivity index (χ1v) is 9.93. The van der Waals surface area contributed by atoms with Crippen molar-refractivity contribution in [1.82, 2.24) is 0 Å². The summed E-state index contributed by atoms with van der Waals surface area (Å²) in [5, 5.41) is 20.0. The molecule has 1 aliphatic carbocycles. The third-order valence-corrected chi connectivity index (χ3v) is 5.04. The third kappa shape index (κ3) is 8.33. The number of ether oxygens (including phenoxy) is 1. The quantitative estimate of drug-likeness (QED) is 0.334. The molecule has 0 saturated heterocycles. The van der Waals surface area contributed by atoms with Gasteiger partial charge in [-0.05, 0) is 19.3 Å². The van der Waals surface area contributed by atoms with Crippen LogP contribution in [0.25, 0.3) is 0 Å². The highest BCUT2D eigenvalue weighted by Crippen LogP contribution is 2.33. The molecule has 4 unspecified atom stereocenters. The molecule has 0 aromatic heterocycles. The van der Waals surface area contributed by atoms with Crippen molar-refractivity contribution in [2.24, 2.45) is 11.8 Å². The van der Waals surface area contributed by atoms with Crippen molar-refractivity contribution >= 4 is 11.8 Å². The first-order chi connectivity index (χ1) is 12.5. The first-order valence-electron chi connectivity index (χ1n) is 9.93. The minimum absolute atomic E-state index is 0.0953. The summed E-state index contributed by atoms with van der Waals surface area (Å²) in [6, 6.07) is 0. The van der Waals surface area contributed by atoms with E-state index in [0.717, 1.165) is 51.4 Å². The number of esters is 1. The van der Waals surface area contributed by atoms with Crippen LogP contribution < -0.4 is 0 Å². The number of carbonyl (C=O) groups is 2. The van der Waals surface area contributed by atoms with Gasteiger partial charge in [0.25, 0.3) is 0 Å². The smallest absolute Gasteiger partial charge is 0.305 e. The van der Waals surface area contributed by atoms with Crippen LogP contribution in [0.4, 0.5) is 0 Å². The number of hydrogen-bond acceptors (Lipinski definition) is 5. The number of Topliss-reactive ketones (excluding diaryl/α,β-unsaturated/α-hetero) is 1. The molecular formula is C21H34O5. The Balaban J connectivity index is 2.37. The number of hydrogen-bond donors (Lipinski definition) is 2. The molecule has 26 heavy (non-hydrogen) atoms. The van der Waals surface area contributed by atoms with E-state index in [1.807, 2.05) is 0 Å². The second-order valence-corrected chi connectivity index (χ2v) is 7.22. The predicted molar refractivity (Wildman–Crippen MR) is 100 cm³/mol. The van der Waals surface area contributed by atoms with E-state index in [9.17, 15) is 19.8 Å². The Morgan fingerprint density at radius 2 is 2.00 bits per heavy atom. The van der Waals surface area contributed by atoms with Crippen molar-refractivity contribution in [3.05, 3.63) is 0 Å². The zero-order valence-electron chi connectivity index (χ0n) is 16.2. The molecule has 0 aromatic rings. The molecule has 0 aromatic carbocycles. The second kappa shape index (κ2) is 12.9. The Kier molecular flexibility index (Phi) is 11.2. The summed E-state index contributed by atoms with van der Waals surface area (Å²) < 4.78 is 4.61. The van der Waals surface area contributed by atoms with E-state index in [0.29, 0.717) is 12.8 Å². The maximum atomic E-state index is 12.1. The lowest BCUT2D eigenvalue weighted by Gasteiger charge is -2.15. The minimum Gasteiger partial charge on any atom is -0.469 e. The van der Waals surface area contributed by atoms with Gasteiger partial charge in [-0.3, -0.25) is 9.59 Å². The molecule has 5 heteroatoms. The van der Waals surface area contributed by atoms with Crippen molar-refractivity contribution in [2.45, 2.75) is 89.8 Å². The summed E-state index contributed by atoms with van der Waals surface area (Å²) in [5.74, 6) is 5.43. The molecule has 0 aliphatic heterocycles. The fourth-order valence-electron chi connectivity index (χ4n) is 3.42. The molecule has 0 bridgehead atoms. The topological polar surface area (TPSA) is 83.8 Å². The van der Waals surface area contributed by atoms with Crippen molar-refractivity contribution in [1.29, 1.82) is 0 Å². The molecule has 0 heterocycles. The lowest BCUT2D eigenvalue weighted by molar-refractivity contribution is -0.140. The monoisotopic (exact) mass is 366 g/mol. The molecule has 0 radical (unpaired) electrons. The molecule has 148 valence electrons. The van der Waals surface area contributed by atoms with E-state index in [2.05, 4.69) is 23.5 Å². The maximum absolute atomic E-state index is 12.1. The molecule has 1 fully saturated rings. The van der Waals surface area contributed by atoms with Gasteiger partial charge in [0, 0.05) is 25.2 Å². The summed E-state index contributed by atoms with van der Waals surface area (Å²) in [4.78, 5) is 23.2. The average Bonchev–Trinajstić information content (AvgIpc) is 2.89. The van der Waals surface area contributed by atoms with Crippen LogP contribution in [0.5, 0.6) is 0 Å². The van der Waals surface area contributed by atoms with Gasteiger partial charge >= 0.3 is 5.97 Å².